The first-order valence-electron chi connectivity index (χ1n) is 16.3. The van der Waals surface area contributed by atoms with E-state index in [0.717, 1.165) is 0 Å². The molecule has 0 saturated carbocycles. The third kappa shape index (κ3) is 4.30. The van der Waals surface area contributed by atoms with Gasteiger partial charge in [0.05, 0.1) is 22.7 Å². The summed E-state index contributed by atoms with van der Waals surface area (Å²) >= 11 is 1.36. The second-order valence-electron chi connectivity index (χ2n) is 12.7. The van der Waals surface area contributed by atoms with Crippen molar-refractivity contribution in [3.05, 3.63) is 169 Å². The van der Waals surface area contributed by atoms with Gasteiger partial charge in [-0.05, 0) is 107 Å². The van der Waals surface area contributed by atoms with Crippen molar-refractivity contribution >= 4 is 71.3 Å². The Balaban J connectivity index is 1.10. The topological polar surface area (TPSA) is 16.6 Å². The fraction of sp³-hybridized carbons (Fsp3) is 0.0222. The van der Waals surface area contributed by atoms with Crippen molar-refractivity contribution in [2.45, 2.75) is 10.3 Å². The van der Waals surface area contributed by atoms with E-state index in [1.807, 2.05) is 0 Å². The molecule has 9 aromatic rings. The van der Waals surface area contributed by atoms with Gasteiger partial charge in [-0.2, -0.15) is 0 Å². The number of thiol groups is 1. The number of quaternary nitrogens is 1. The number of benzene rings is 9. The summed E-state index contributed by atoms with van der Waals surface area (Å²) in [5.74, 6) is 0. The molecule has 1 atom stereocenters. The zero-order chi connectivity index (χ0) is 30.9. The highest BCUT2D eigenvalue weighted by Crippen LogP contribution is 2.40. The van der Waals surface area contributed by atoms with Gasteiger partial charge in [0, 0.05) is 6.07 Å². The average molecular weight is 618 g/mol. The van der Waals surface area contributed by atoms with Crippen LogP contribution in [0.2, 0.25) is 0 Å². The van der Waals surface area contributed by atoms with Crippen LogP contribution in [-0.2, 0) is 11.8 Å². The second kappa shape index (κ2) is 10.6. The normalized spacial score (nSPS) is 14.4. The molecular formula is C45H31NS+2. The van der Waals surface area contributed by atoms with E-state index < -0.39 is 0 Å². The maximum atomic E-state index is 2.45. The monoisotopic (exact) mass is 617 g/mol. The van der Waals surface area contributed by atoms with Gasteiger partial charge < -0.3 is 0 Å². The van der Waals surface area contributed by atoms with E-state index in [9.17, 15) is 0 Å². The molecule has 1 nitrogen and oxygen atoms in total. The first-order valence-corrected chi connectivity index (χ1v) is 17.3. The molecule has 0 amide bonds. The molecule has 2 heteroatoms. The lowest BCUT2D eigenvalue weighted by Crippen LogP contribution is -2.77. The van der Waals surface area contributed by atoms with Gasteiger partial charge in [0.15, 0.2) is 5.69 Å². The van der Waals surface area contributed by atoms with Crippen LogP contribution in [0.4, 0.5) is 5.69 Å². The van der Waals surface area contributed by atoms with Gasteiger partial charge in [0.2, 0.25) is 4.90 Å². The van der Waals surface area contributed by atoms with Crippen molar-refractivity contribution in [3.8, 4) is 22.3 Å². The highest BCUT2D eigenvalue weighted by atomic mass is 32.2. The van der Waals surface area contributed by atoms with Gasteiger partial charge in [-0.25, -0.2) is 0 Å². The molecule has 9 aromatic carbocycles. The molecule has 10 rings (SSSR count). The molecule has 0 fully saturated rings. The number of hydrogen-bond acceptors (Lipinski definition) is 0. The van der Waals surface area contributed by atoms with Crippen molar-refractivity contribution in [2.75, 3.05) is 0 Å². The Hall–Kier alpha value is -5.41. The number of fused-ring (bicyclic) bond motifs is 11. The van der Waals surface area contributed by atoms with E-state index in [2.05, 4.69) is 169 Å². The highest BCUT2D eigenvalue weighted by Gasteiger charge is 2.37. The first-order chi connectivity index (χ1) is 23.3. The maximum Gasteiger partial charge on any atom is 0.272 e. The Morgan fingerprint density at radius 1 is 0.383 bits per heavy atom. The minimum Gasteiger partial charge on any atom is -0.261 e. The molecule has 1 heterocycles. The summed E-state index contributed by atoms with van der Waals surface area (Å²) in [6.07, 6.45) is 0. The van der Waals surface area contributed by atoms with Crippen molar-refractivity contribution in [1.29, 1.82) is 0 Å². The fourth-order valence-electron chi connectivity index (χ4n) is 7.73. The van der Waals surface area contributed by atoms with Crippen LogP contribution in [0.5, 0.6) is 0 Å². The largest absolute Gasteiger partial charge is 0.272 e. The highest BCUT2D eigenvalue weighted by molar-refractivity contribution is 7.79. The molecule has 0 saturated heterocycles. The Labute approximate surface area is 277 Å². The van der Waals surface area contributed by atoms with Crippen LogP contribution >= 0.6 is 0 Å². The van der Waals surface area contributed by atoms with Gasteiger partial charge in [-0.3, -0.25) is 5.32 Å². The van der Waals surface area contributed by atoms with E-state index in [4.69, 9.17) is 0 Å². The minimum absolute atomic E-state index is 0.393. The van der Waals surface area contributed by atoms with E-state index in [-0.39, 0.29) is 0 Å². The third-order valence-electron chi connectivity index (χ3n) is 10.0. The van der Waals surface area contributed by atoms with Crippen LogP contribution in [0.3, 0.4) is 0 Å². The van der Waals surface area contributed by atoms with Crippen LogP contribution in [-0.4, -0.2) is 0 Å². The van der Waals surface area contributed by atoms with Crippen LogP contribution in [0, 0.1) is 0 Å². The molecule has 0 aliphatic carbocycles. The Kier molecular flexibility index (Phi) is 6.02. The lowest BCUT2D eigenvalue weighted by Gasteiger charge is -2.13. The Morgan fingerprint density at radius 3 is 1.64 bits per heavy atom. The number of rotatable bonds is 3. The summed E-state index contributed by atoms with van der Waals surface area (Å²) in [4.78, 5) is 1.45. The number of nitrogens with two attached hydrogens (primary N) is 1. The summed E-state index contributed by atoms with van der Waals surface area (Å²) in [6, 6.07) is 60.7. The van der Waals surface area contributed by atoms with Crippen molar-refractivity contribution in [1.82, 2.24) is 0 Å². The molecule has 0 spiro atoms. The Morgan fingerprint density at radius 2 is 0.915 bits per heavy atom. The zero-order valence-electron chi connectivity index (χ0n) is 25.7. The van der Waals surface area contributed by atoms with E-state index in [1.165, 1.54) is 104 Å². The third-order valence-corrected chi connectivity index (χ3v) is 11.5. The first kappa shape index (κ1) is 26.8. The quantitative estimate of drug-likeness (QED) is 0.0879. The lowest BCUT2D eigenvalue weighted by atomic mass is 9.91. The predicted molar refractivity (Wildman–Crippen MR) is 203 cm³/mol. The standard InChI is InChI=1S/C45H29NS/c1-2-9-30(10-3-1)45-46-42-24-22-29-19-17-28-18-20-33(26-40(28)43(29)44(42)47-45)31-11-8-12-32(25-31)34-21-23-39-37-15-5-4-13-35(37)36-14-6-7-16-38(36)41(39)27-34/h1-27,45-46H/p+2. The van der Waals surface area contributed by atoms with Crippen LogP contribution in [0.1, 0.15) is 10.9 Å². The van der Waals surface area contributed by atoms with Crippen LogP contribution in [0.25, 0.3) is 76.1 Å². The van der Waals surface area contributed by atoms with E-state index in [0.29, 0.717) is 5.37 Å². The van der Waals surface area contributed by atoms with Gasteiger partial charge in [-0.15, -0.1) is 0 Å². The summed E-state index contributed by atoms with van der Waals surface area (Å²) in [5, 5.41) is 16.0. The van der Waals surface area contributed by atoms with Crippen molar-refractivity contribution < 1.29 is 5.32 Å². The average Bonchev–Trinajstić information content (AvgIpc) is 3.60. The van der Waals surface area contributed by atoms with Crippen molar-refractivity contribution in [2.24, 2.45) is 0 Å². The van der Waals surface area contributed by atoms with Gasteiger partial charge in [0.1, 0.15) is 0 Å². The molecule has 220 valence electrons. The maximum absolute atomic E-state index is 2.45. The van der Waals surface area contributed by atoms with E-state index in [1.54, 1.807) is 0 Å². The summed E-state index contributed by atoms with van der Waals surface area (Å²) in [6.45, 7) is 0. The molecular weight excluding hydrogens is 587 g/mol. The smallest absolute Gasteiger partial charge is 0.261 e. The Bertz CT molecular complexity index is 2660. The molecule has 1 unspecified atom stereocenters. The summed E-state index contributed by atoms with van der Waals surface area (Å²) in [5.41, 5.74) is 7.71. The van der Waals surface area contributed by atoms with Crippen LogP contribution in [0.15, 0.2) is 169 Å². The van der Waals surface area contributed by atoms with Crippen LogP contribution < -0.4 is 5.32 Å². The molecule has 2 N–H and O–H groups in total. The minimum atomic E-state index is 0.393. The fourth-order valence-corrected chi connectivity index (χ4v) is 9.24. The molecule has 0 radical (unpaired) electrons. The van der Waals surface area contributed by atoms with E-state index >= 15 is 0 Å². The molecule has 1 aliphatic rings. The molecule has 1 aliphatic heterocycles. The number of hydrogen-bond donors (Lipinski definition) is 1. The molecule has 47 heavy (non-hydrogen) atoms. The predicted octanol–water partition coefficient (Wildman–Crippen LogP) is 10.9. The SMILES string of the molecule is c1ccc(C2[NH2+]c3ccc4ccc5ccc(-c6cccc(-c7ccc8c9ccccc9c9ccccc9c8c7)c6)cc5c4c3[SH+]2)cc1. The molecule has 0 aromatic heterocycles. The summed E-state index contributed by atoms with van der Waals surface area (Å²) < 4.78 is 0. The van der Waals surface area contributed by atoms with Crippen molar-refractivity contribution in [3.63, 3.8) is 0 Å². The lowest BCUT2D eigenvalue weighted by molar-refractivity contribution is -0.589. The zero-order valence-corrected chi connectivity index (χ0v) is 26.6. The van der Waals surface area contributed by atoms with Gasteiger partial charge in [-0.1, -0.05) is 121 Å². The molecule has 0 bridgehead atoms. The van der Waals surface area contributed by atoms with Gasteiger partial charge in [0.25, 0.3) is 5.37 Å². The summed E-state index contributed by atoms with van der Waals surface area (Å²) in [7, 11) is 0. The second-order valence-corrected chi connectivity index (χ2v) is 13.9. The van der Waals surface area contributed by atoms with Gasteiger partial charge >= 0.3 is 0 Å².